The molecule has 0 atom stereocenters. The van der Waals surface area contributed by atoms with Gasteiger partial charge in [-0.2, -0.15) is 5.10 Å². The summed E-state index contributed by atoms with van der Waals surface area (Å²) in [5.74, 6) is 0.412. The largest absolute Gasteiger partial charge is 0.494 e. The zero-order valence-electron chi connectivity index (χ0n) is 15.3. The van der Waals surface area contributed by atoms with Gasteiger partial charge < -0.3 is 10.1 Å². The van der Waals surface area contributed by atoms with Crippen molar-refractivity contribution in [3.8, 4) is 17.0 Å². The average molecular weight is 363 g/mol. The first-order valence-corrected chi connectivity index (χ1v) is 8.73. The van der Waals surface area contributed by atoms with Crippen LogP contribution in [0.1, 0.15) is 12.5 Å². The molecule has 0 fully saturated rings. The number of hydrogen-bond acceptors (Lipinski definition) is 4. The summed E-state index contributed by atoms with van der Waals surface area (Å²) in [6.07, 6.45) is 0. The number of aromatic nitrogens is 2. The lowest BCUT2D eigenvalue weighted by Gasteiger charge is -2.10. The number of anilines is 1. The summed E-state index contributed by atoms with van der Waals surface area (Å²) in [4.78, 5) is 24.4. The van der Waals surface area contributed by atoms with Gasteiger partial charge in [-0.15, -0.1) is 0 Å². The highest BCUT2D eigenvalue weighted by molar-refractivity contribution is 5.90. The summed E-state index contributed by atoms with van der Waals surface area (Å²) in [6.45, 7) is 4.31. The standard InChI is InChI=1S/C21H21N3O3/c1-3-27-17-10-8-16(9-11-17)22-20(25)14-24-21(26)13-12-19(23-24)18-7-5-4-6-15(18)2/h4-13H,3,14H2,1-2H3,(H,22,25). The Hall–Kier alpha value is -3.41. The summed E-state index contributed by atoms with van der Waals surface area (Å²) < 4.78 is 6.55. The number of rotatable bonds is 6. The van der Waals surface area contributed by atoms with Crippen LogP contribution in [0.2, 0.25) is 0 Å². The van der Waals surface area contributed by atoms with Gasteiger partial charge in [0, 0.05) is 17.3 Å². The van der Waals surface area contributed by atoms with Gasteiger partial charge in [0.2, 0.25) is 5.91 Å². The molecule has 0 aliphatic carbocycles. The van der Waals surface area contributed by atoms with Gasteiger partial charge in [0.15, 0.2) is 0 Å². The lowest BCUT2D eigenvalue weighted by atomic mass is 10.1. The first-order valence-electron chi connectivity index (χ1n) is 8.73. The Balaban J connectivity index is 1.75. The molecule has 2 aromatic carbocycles. The number of carbonyl (C=O) groups is 1. The smallest absolute Gasteiger partial charge is 0.267 e. The molecule has 0 saturated heterocycles. The molecule has 0 saturated carbocycles. The van der Waals surface area contributed by atoms with Crippen LogP contribution in [0.5, 0.6) is 5.75 Å². The van der Waals surface area contributed by atoms with Crippen LogP contribution in [0, 0.1) is 6.92 Å². The SMILES string of the molecule is CCOc1ccc(NC(=O)Cn2nc(-c3ccccc3C)ccc2=O)cc1. The van der Waals surface area contributed by atoms with Gasteiger partial charge >= 0.3 is 0 Å². The van der Waals surface area contributed by atoms with E-state index in [-0.39, 0.29) is 18.0 Å². The van der Waals surface area contributed by atoms with Gasteiger partial charge in [0.1, 0.15) is 12.3 Å². The maximum Gasteiger partial charge on any atom is 0.267 e. The first-order chi connectivity index (χ1) is 13.1. The Bertz CT molecular complexity index is 994. The van der Waals surface area contributed by atoms with Crippen molar-refractivity contribution in [2.24, 2.45) is 0 Å². The average Bonchev–Trinajstić information content (AvgIpc) is 2.66. The highest BCUT2D eigenvalue weighted by Crippen LogP contribution is 2.19. The van der Waals surface area contributed by atoms with E-state index < -0.39 is 0 Å². The molecule has 138 valence electrons. The third kappa shape index (κ3) is 4.61. The summed E-state index contributed by atoms with van der Waals surface area (Å²) in [5, 5.41) is 7.11. The van der Waals surface area contributed by atoms with Crippen LogP contribution in [0.4, 0.5) is 5.69 Å². The number of nitrogens with one attached hydrogen (secondary N) is 1. The number of carbonyl (C=O) groups excluding carboxylic acids is 1. The Morgan fingerprint density at radius 2 is 1.81 bits per heavy atom. The minimum Gasteiger partial charge on any atom is -0.494 e. The van der Waals surface area contributed by atoms with Crippen molar-refractivity contribution in [1.29, 1.82) is 0 Å². The van der Waals surface area contributed by atoms with Crippen molar-refractivity contribution < 1.29 is 9.53 Å². The maximum absolute atomic E-state index is 12.3. The number of nitrogens with zero attached hydrogens (tertiary/aromatic N) is 2. The van der Waals surface area contributed by atoms with Crippen molar-refractivity contribution in [2.45, 2.75) is 20.4 Å². The molecular weight excluding hydrogens is 342 g/mol. The monoisotopic (exact) mass is 363 g/mol. The minimum atomic E-state index is -0.325. The molecule has 0 radical (unpaired) electrons. The van der Waals surface area contributed by atoms with Gasteiger partial charge in [-0.25, -0.2) is 4.68 Å². The summed E-state index contributed by atoms with van der Waals surface area (Å²) in [6, 6.07) is 17.9. The lowest BCUT2D eigenvalue weighted by Crippen LogP contribution is -2.29. The van der Waals surface area contributed by atoms with Crippen molar-refractivity contribution in [3.05, 3.63) is 76.6 Å². The molecular formula is C21H21N3O3. The molecule has 27 heavy (non-hydrogen) atoms. The second-order valence-electron chi connectivity index (χ2n) is 6.03. The van der Waals surface area contributed by atoms with Gasteiger partial charge in [-0.1, -0.05) is 24.3 Å². The van der Waals surface area contributed by atoms with Crippen LogP contribution in [0.15, 0.2) is 65.5 Å². The Morgan fingerprint density at radius 1 is 1.07 bits per heavy atom. The van der Waals surface area contributed by atoms with E-state index in [1.54, 1.807) is 30.3 Å². The highest BCUT2D eigenvalue weighted by Gasteiger charge is 2.09. The van der Waals surface area contributed by atoms with E-state index in [9.17, 15) is 9.59 Å². The van der Waals surface area contributed by atoms with Crippen molar-refractivity contribution in [3.63, 3.8) is 0 Å². The summed E-state index contributed by atoms with van der Waals surface area (Å²) in [7, 11) is 0. The normalized spacial score (nSPS) is 10.4. The molecule has 1 N–H and O–H groups in total. The van der Waals surface area contributed by atoms with Crippen LogP contribution in [-0.2, 0) is 11.3 Å². The molecule has 0 unspecified atom stereocenters. The van der Waals surface area contributed by atoms with Gasteiger partial charge in [0.25, 0.3) is 5.56 Å². The van der Waals surface area contributed by atoms with E-state index in [2.05, 4.69) is 10.4 Å². The van der Waals surface area contributed by atoms with Crippen LogP contribution in [-0.4, -0.2) is 22.3 Å². The Kier molecular flexibility index (Phi) is 5.66. The molecule has 0 aliphatic heterocycles. The van der Waals surface area contributed by atoms with Crippen LogP contribution in [0.25, 0.3) is 11.3 Å². The molecule has 6 heteroatoms. The fourth-order valence-corrected chi connectivity index (χ4v) is 2.70. The molecule has 3 rings (SSSR count). The molecule has 1 amide bonds. The fourth-order valence-electron chi connectivity index (χ4n) is 2.70. The van der Waals surface area contributed by atoms with Crippen molar-refractivity contribution in [2.75, 3.05) is 11.9 Å². The molecule has 1 aromatic heterocycles. The zero-order valence-corrected chi connectivity index (χ0v) is 15.3. The third-order valence-corrected chi connectivity index (χ3v) is 4.03. The molecule has 1 heterocycles. The number of hydrogen-bond donors (Lipinski definition) is 1. The van der Waals surface area contributed by atoms with Crippen LogP contribution in [0.3, 0.4) is 0 Å². The predicted octanol–water partition coefficient (Wildman–Crippen LogP) is 3.26. The maximum atomic E-state index is 12.3. The lowest BCUT2D eigenvalue weighted by molar-refractivity contribution is -0.117. The first kappa shape index (κ1) is 18.4. The quantitative estimate of drug-likeness (QED) is 0.730. The number of aryl methyl sites for hydroxylation is 1. The fraction of sp³-hybridized carbons (Fsp3) is 0.190. The van der Waals surface area contributed by atoms with E-state index >= 15 is 0 Å². The van der Waals surface area contributed by atoms with E-state index in [0.717, 1.165) is 16.9 Å². The van der Waals surface area contributed by atoms with Crippen molar-refractivity contribution in [1.82, 2.24) is 9.78 Å². The predicted molar refractivity (Wildman–Crippen MR) is 105 cm³/mol. The number of amides is 1. The van der Waals surface area contributed by atoms with Crippen molar-refractivity contribution >= 4 is 11.6 Å². The molecule has 0 aliphatic rings. The Morgan fingerprint density at radius 3 is 2.52 bits per heavy atom. The van der Waals surface area contributed by atoms with Gasteiger partial charge in [-0.3, -0.25) is 9.59 Å². The van der Waals surface area contributed by atoms with E-state index in [1.165, 1.54) is 10.7 Å². The van der Waals surface area contributed by atoms with Crippen LogP contribution < -0.4 is 15.6 Å². The van der Waals surface area contributed by atoms with E-state index in [1.807, 2.05) is 38.1 Å². The van der Waals surface area contributed by atoms with E-state index in [0.29, 0.717) is 18.0 Å². The molecule has 6 nitrogen and oxygen atoms in total. The van der Waals surface area contributed by atoms with Crippen LogP contribution >= 0.6 is 0 Å². The second kappa shape index (κ2) is 8.31. The second-order valence-corrected chi connectivity index (χ2v) is 6.03. The molecule has 0 spiro atoms. The summed E-state index contributed by atoms with van der Waals surface area (Å²) >= 11 is 0. The highest BCUT2D eigenvalue weighted by atomic mass is 16.5. The Labute approximate surface area is 157 Å². The zero-order chi connectivity index (χ0) is 19.2. The number of benzene rings is 2. The summed E-state index contributed by atoms with van der Waals surface area (Å²) in [5.41, 5.74) is 2.94. The topological polar surface area (TPSA) is 73.2 Å². The molecule has 3 aromatic rings. The molecule has 0 bridgehead atoms. The third-order valence-electron chi connectivity index (χ3n) is 4.03. The number of ether oxygens (including phenoxy) is 1. The van der Waals surface area contributed by atoms with E-state index in [4.69, 9.17) is 4.74 Å². The van der Waals surface area contributed by atoms with Gasteiger partial charge in [0.05, 0.1) is 12.3 Å². The minimum absolute atomic E-state index is 0.161. The van der Waals surface area contributed by atoms with Gasteiger partial charge in [-0.05, 0) is 49.7 Å².